The van der Waals surface area contributed by atoms with E-state index < -0.39 is 0 Å². The van der Waals surface area contributed by atoms with Crippen LogP contribution < -0.4 is 6.15 Å². The van der Waals surface area contributed by atoms with Gasteiger partial charge < -0.3 is 6.15 Å². The van der Waals surface area contributed by atoms with E-state index in [1.165, 1.54) is 107 Å². The van der Waals surface area contributed by atoms with Gasteiger partial charge in [0.05, 0.1) is 0 Å². The highest BCUT2D eigenvalue weighted by atomic mass is 35.5. The second kappa shape index (κ2) is 16.6. The van der Waals surface area contributed by atoms with Gasteiger partial charge in [-0.3, -0.25) is 0 Å². The third-order valence-electron chi connectivity index (χ3n) is 5.45. The molecule has 0 atom stereocenters. The number of aromatic nitrogens is 1. The fourth-order valence-electron chi connectivity index (χ4n) is 3.51. The molecule has 1 heterocycles. The van der Waals surface area contributed by atoms with Crippen molar-refractivity contribution in [2.24, 2.45) is 0 Å². The van der Waals surface area contributed by atoms with Crippen molar-refractivity contribution in [3.63, 3.8) is 0 Å². The second-order valence-corrected chi connectivity index (χ2v) is 8.04. The Kier molecular flexibility index (Phi) is 16.2. The van der Waals surface area contributed by atoms with E-state index >= 15 is 0 Å². The molecule has 1 rings (SSSR count). The van der Waals surface area contributed by atoms with E-state index in [2.05, 4.69) is 25.8 Å². The first kappa shape index (κ1) is 25.4. The molecule has 0 radical (unpaired) electrons. The zero-order valence-electron chi connectivity index (χ0n) is 17.7. The molecule has 0 fully saturated rings. The van der Waals surface area contributed by atoms with E-state index in [-0.39, 0.29) is 6.15 Å². The van der Waals surface area contributed by atoms with Crippen LogP contribution in [0.3, 0.4) is 0 Å². The zero-order valence-corrected chi connectivity index (χ0v) is 18.5. The van der Waals surface area contributed by atoms with Crippen molar-refractivity contribution in [3.05, 3.63) is 28.0 Å². The maximum Gasteiger partial charge on any atom is 0.132 e. The highest BCUT2D eigenvalue weighted by Crippen LogP contribution is 2.22. The number of hydrogen-bond acceptors (Lipinski definition) is 2. The average molecular weight is 383 g/mol. The highest BCUT2D eigenvalue weighted by molar-refractivity contribution is 6.30. The first-order valence-electron chi connectivity index (χ1n) is 10.8. The van der Waals surface area contributed by atoms with Crippen LogP contribution in [0.1, 0.15) is 114 Å². The maximum atomic E-state index is 6.25. The Bertz CT molecular complexity index is 460. The van der Waals surface area contributed by atoms with Crippen LogP contribution in [0.25, 0.3) is 0 Å². The van der Waals surface area contributed by atoms with E-state index in [1.54, 1.807) is 0 Å². The summed E-state index contributed by atoms with van der Waals surface area (Å²) in [5, 5.41) is 0.706. The molecule has 0 saturated heterocycles. The average Bonchev–Trinajstić information content (AvgIpc) is 2.61. The Balaban J connectivity index is 0.00000625. The van der Waals surface area contributed by atoms with Crippen LogP contribution in [0.4, 0.5) is 0 Å². The smallest absolute Gasteiger partial charge is 0.132 e. The lowest BCUT2D eigenvalue weighted by atomic mass is 10.00. The molecular formula is C23H43ClN2. The van der Waals surface area contributed by atoms with Crippen molar-refractivity contribution in [2.75, 3.05) is 0 Å². The number of halogens is 1. The summed E-state index contributed by atoms with van der Waals surface area (Å²) < 4.78 is 0. The monoisotopic (exact) mass is 382 g/mol. The van der Waals surface area contributed by atoms with Crippen LogP contribution in [0.5, 0.6) is 0 Å². The van der Waals surface area contributed by atoms with Crippen molar-refractivity contribution in [1.82, 2.24) is 11.1 Å². The molecular weight excluding hydrogens is 340 g/mol. The van der Waals surface area contributed by atoms with Crippen LogP contribution in [0.2, 0.25) is 5.15 Å². The summed E-state index contributed by atoms with van der Waals surface area (Å²) in [4.78, 5) is 4.29. The Labute approximate surface area is 168 Å². The van der Waals surface area contributed by atoms with Crippen molar-refractivity contribution < 1.29 is 0 Å². The van der Waals surface area contributed by atoms with E-state index in [4.69, 9.17) is 11.6 Å². The Morgan fingerprint density at radius 3 is 1.62 bits per heavy atom. The lowest BCUT2D eigenvalue weighted by Gasteiger charge is -2.10. The van der Waals surface area contributed by atoms with Gasteiger partial charge in [-0.2, -0.15) is 0 Å². The molecule has 0 bridgehead atoms. The van der Waals surface area contributed by atoms with Gasteiger partial charge in [0, 0.05) is 6.20 Å². The third-order valence-corrected chi connectivity index (χ3v) is 5.77. The molecule has 1 aromatic heterocycles. The fourth-order valence-corrected chi connectivity index (χ4v) is 3.79. The number of rotatable bonds is 15. The summed E-state index contributed by atoms with van der Waals surface area (Å²) in [7, 11) is 0. The Morgan fingerprint density at radius 2 is 1.15 bits per heavy atom. The summed E-state index contributed by atoms with van der Waals surface area (Å²) >= 11 is 6.25. The summed E-state index contributed by atoms with van der Waals surface area (Å²) in [6, 6.07) is 0. The van der Waals surface area contributed by atoms with Gasteiger partial charge in [-0.05, 0) is 43.4 Å². The third kappa shape index (κ3) is 11.2. The number of aryl methyl sites for hydroxylation is 1. The highest BCUT2D eigenvalue weighted by Gasteiger charge is 2.07. The van der Waals surface area contributed by atoms with Crippen LogP contribution in [0.15, 0.2) is 6.20 Å². The Hall–Kier alpha value is -0.600. The fraction of sp³-hybridized carbons (Fsp3) is 0.783. The van der Waals surface area contributed by atoms with Crippen molar-refractivity contribution in [1.29, 1.82) is 0 Å². The van der Waals surface area contributed by atoms with Gasteiger partial charge >= 0.3 is 0 Å². The first-order chi connectivity index (χ1) is 12.2. The van der Waals surface area contributed by atoms with Gasteiger partial charge in [0.1, 0.15) is 5.15 Å². The van der Waals surface area contributed by atoms with Crippen molar-refractivity contribution >= 4 is 11.6 Å². The van der Waals surface area contributed by atoms with Crippen LogP contribution in [-0.2, 0) is 6.42 Å². The van der Waals surface area contributed by atoms with E-state index in [0.29, 0.717) is 5.15 Å². The molecule has 1 aromatic rings. The van der Waals surface area contributed by atoms with Gasteiger partial charge in [-0.1, -0.05) is 102 Å². The largest absolute Gasteiger partial charge is 0.344 e. The number of unbranched alkanes of at least 4 members (excludes halogenated alkanes) is 13. The second-order valence-electron chi connectivity index (χ2n) is 7.68. The molecule has 3 heteroatoms. The molecule has 26 heavy (non-hydrogen) atoms. The zero-order chi connectivity index (χ0) is 18.3. The topological polar surface area (TPSA) is 47.9 Å². The summed E-state index contributed by atoms with van der Waals surface area (Å²) in [5.41, 5.74) is 3.85. The SMILES string of the molecule is CCCCCCCCCCCCCCCCc1c(Cl)ncc(C)c1C.N. The Morgan fingerprint density at radius 1 is 0.731 bits per heavy atom. The molecule has 0 unspecified atom stereocenters. The van der Waals surface area contributed by atoms with E-state index in [0.717, 1.165) is 6.42 Å². The quantitative estimate of drug-likeness (QED) is 0.244. The summed E-state index contributed by atoms with van der Waals surface area (Å²) in [6.45, 7) is 6.57. The number of hydrogen-bond donors (Lipinski definition) is 1. The van der Waals surface area contributed by atoms with Crippen LogP contribution >= 0.6 is 11.6 Å². The van der Waals surface area contributed by atoms with Gasteiger partial charge in [0.15, 0.2) is 0 Å². The summed E-state index contributed by atoms with van der Waals surface area (Å²) in [5.74, 6) is 0. The molecule has 0 aliphatic carbocycles. The van der Waals surface area contributed by atoms with Gasteiger partial charge in [-0.15, -0.1) is 0 Å². The van der Waals surface area contributed by atoms with Crippen molar-refractivity contribution in [2.45, 2.75) is 117 Å². The van der Waals surface area contributed by atoms with Gasteiger partial charge in [0.2, 0.25) is 0 Å². The summed E-state index contributed by atoms with van der Waals surface area (Å²) in [6.07, 6.45) is 22.6. The maximum absolute atomic E-state index is 6.25. The van der Waals surface area contributed by atoms with Crippen molar-refractivity contribution in [3.8, 4) is 0 Å². The molecule has 152 valence electrons. The number of nitrogens with zero attached hydrogens (tertiary/aromatic N) is 1. The van der Waals surface area contributed by atoms with E-state index in [9.17, 15) is 0 Å². The molecule has 0 saturated carbocycles. The molecule has 0 amide bonds. The predicted molar refractivity (Wildman–Crippen MR) is 118 cm³/mol. The first-order valence-corrected chi connectivity index (χ1v) is 11.1. The normalized spacial score (nSPS) is 10.8. The standard InChI is InChI=1S/C23H40ClN.H3N/c1-4-5-6-7-8-9-10-11-12-13-14-15-16-17-18-22-21(3)20(2)19-25-23(22)24;/h19H,4-18H2,1-3H3;1H3. The molecule has 3 N–H and O–H groups in total. The molecule has 0 aliphatic rings. The molecule has 2 nitrogen and oxygen atoms in total. The van der Waals surface area contributed by atoms with Gasteiger partial charge in [-0.25, -0.2) is 4.98 Å². The molecule has 0 aromatic carbocycles. The molecule has 0 spiro atoms. The lowest BCUT2D eigenvalue weighted by Crippen LogP contribution is -1.97. The van der Waals surface area contributed by atoms with E-state index in [1.807, 2.05) is 6.20 Å². The van der Waals surface area contributed by atoms with Crippen LogP contribution in [-0.4, -0.2) is 4.98 Å². The molecule has 0 aliphatic heterocycles. The lowest BCUT2D eigenvalue weighted by molar-refractivity contribution is 0.535. The number of pyridine rings is 1. The minimum absolute atomic E-state index is 0. The minimum Gasteiger partial charge on any atom is -0.344 e. The minimum atomic E-state index is 0. The predicted octanol–water partition coefficient (Wildman–Crippen LogP) is 8.54. The van der Waals surface area contributed by atoms with Crippen LogP contribution in [0, 0.1) is 13.8 Å². The van der Waals surface area contributed by atoms with Gasteiger partial charge in [0.25, 0.3) is 0 Å².